The fourth-order valence-electron chi connectivity index (χ4n) is 1.01. The third kappa shape index (κ3) is 4.48. The Kier molecular flexibility index (Phi) is 7.31. The zero-order valence-corrected chi connectivity index (χ0v) is 10.9. The van der Waals surface area contributed by atoms with Crippen LogP contribution < -0.4 is 0 Å². The predicted molar refractivity (Wildman–Crippen MR) is 64.4 cm³/mol. The van der Waals surface area contributed by atoms with E-state index < -0.39 is 14.2 Å². The van der Waals surface area contributed by atoms with E-state index in [0.29, 0.717) is 5.57 Å². The van der Waals surface area contributed by atoms with Gasteiger partial charge in [-0.3, -0.25) is 4.57 Å². The van der Waals surface area contributed by atoms with Gasteiger partial charge < -0.3 is 14.2 Å². The Balaban J connectivity index is 5.40. The quantitative estimate of drug-likeness (QED) is 0.426. The van der Waals surface area contributed by atoms with E-state index in [2.05, 4.69) is 12.3 Å². The van der Waals surface area contributed by atoms with Gasteiger partial charge in [0.05, 0.1) is 19.8 Å². The van der Waals surface area contributed by atoms with Crippen molar-refractivity contribution >= 4 is 7.60 Å². The number of hydrogen-bond acceptors (Lipinski definition) is 4. The van der Waals surface area contributed by atoms with E-state index >= 15 is 0 Å². The summed E-state index contributed by atoms with van der Waals surface area (Å²) in [5.74, 6) is 0. The standard InChI is InChI=1S/C11H19O4P/c1-5-10(4)8-11(9-12)16(13,14-6-2)15-7-3/h5,12H,1,6-7,9H2,2-4H3. The van der Waals surface area contributed by atoms with Crippen molar-refractivity contribution in [3.05, 3.63) is 29.3 Å². The van der Waals surface area contributed by atoms with Gasteiger partial charge in [0.25, 0.3) is 0 Å². The molecule has 0 atom stereocenters. The largest absolute Gasteiger partial charge is 0.391 e. The molecule has 92 valence electrons. The van der Waals surface area contributed by atoms with E-state index in [0.717, 1.165) is 0 Å². The van der Waals surface area contributed by atoms with Crippen LogP contribution in [0.25, 0.3) is 0 Å². The highest BCUT2D eigenvalue weighted by Crippen LogP contribution is 2.55. The molecule has 0 heterocycles. The van der Waals surface area contributed by atoms with Crippen molar-refractivity contribution in [1.29, 1.82) is 0 Å². The summed E-state index contributed by atoms with van der Waals surface area (Å²) in [6.07, 6.45) is 1.55. The molecule has 0 radical (unpaired) electrons. The molecule has 0 aromatic heterocycles. The molecule has 0 spiro atoms. The number of rotatable bonds is 7. The second kappa shape index (κ2) is 7.61. The van der Waals surface area contributed by atoms with Gasteiger partial charge in [0.1, 0.15) is 5.31 Å². The minimum atomic E-state index is -3.41. The van der Waals surface area contributed by atoms with Gasteiger partial charge in [-0.15, -0.1) is 5.73 Å². The lowest BCUT2D eigenvalue weighted by molar-refractivity contribution is 0.220. The summed E-state index contributed by atoms with van der Waals surface area (Å²) in [5, 5.41) is 9.31. The molecule has 5 heteroatoms. The van der Waals surface area contributed by atoms with Crippen LogP contribution in [-0.4, -0.2) is 24.9 Å². The molecule has 0 aromatic carbocycles. The Morgan fingerprint density at radius 2 is 1.94 bits per heavy atom. The van der Waals surface area contributed by atoms with Crippen molar-refractivity contribution in [2.24, 2.45) is 0 Å². The van der Waals surface area contributed by atoms with Crippen LogP contribution in [0.5, 0.6) is 0 Å². The molecule has 0 aliphatic heterocycles. The van der Waals surface area contributed by atoms with Crippen LogP contribution in [0.3, 0.4) is 0 Å². The first-order valence-electron chi connectivity index (χ1n) is 5.13. The monoisotopic (exact) mass is 246 g/mol. The average Bonchev–Trinajstić information content (AvgIpc) is 2.25. The summed E-state index contributed by atoms with van der Waals surface area (Å²) in [6.45, 7) is 8.80. The Hall–Kier alpha value is -0.630. The minimum absolute atomic E-state index is 0.133. The summed E-state index contributed by atoms with van der Waals surface area (Å²) >= 11 is 0. The van der Waals surface area contributed by atoms with Gasteiger partial charge >= 0.3 is 7.60 Å². The second-order valence-corrected chi connectivity index (χ2v) is 5.00. The molecule has 0 rings (SSSR count). The Bertz CT molecular complexity index is 330. The smallest absolute Gasteiger partial charge is 0.367 e. The molecule has 1 N–H and O–H groups in total. The molecular formula is C11H19O4P. The summed E-state index contributed by atoms with van der Waals surface area (Å²) in [4.78, 5) is 0. The molecule has 16 heavy (non-hydrogen) atoms. The molecule has 0 fully saturated rings. The molecule has 0 unspecified atom stereocenters. The van der Waals surface area contributed by atoms with Gasteiger partial charge in [0.2, 0.25) is 0 Å². The van der Waals surface area contributed by atoms with Gasteiger partial charge in [-0.2, -0.15) is 0 Å². The maximum atomic E-state index is 12.2. The highest BCUT2D eigenvalue weighted by molar-refractivity contribution is 7.58. The fourth-order valence-corrected chi connectivity index (χ4v) is 2.56. The molecule has 0 amide bonds. The zero-order valence-electron chi connectivity index (χ0n) is 10.0. The van der Waals surface area contributed by atoms with Crippen molar-refractivity contribution in [2.45, 2.75) is 20.8 Å². The van der Waals surface area contributed by atoms with Gasteiger partial charge in [-0.1, -0.05) is 12.7 Å². The van der Waals surface area contributed by atoms with Crippen LogP contribution in [0.1, 0.15) is 20.8 Å². The van der Waals surface area contributed by atoms with Crippen molar-refractivity contribution in [1.82, 2.24) is 0 Å². The van der Waals surface area contributed by atoms with Gasteiger partial charge in [-0.05, 0) is 26.3 Å². The van der Waals surface area contributed by atoms with E-state index in [4.69, 9.17) is 9.05 Å². The van der Waals surface area contributed by atoms with E-state index in [1.54, 1.807) is 26.8 Å². The van der Waals surface area contributed by atoms with Crippen LogP contribution in [0.15, 0.2) is 29.3 Å². The molecular weight excluding hydrogens is 227 g/mol. The SMILES string of the molecule is C=CC(C)=C=C(CO)P(=O)(OCC)OCC. The lowest BCUT2D eigenvalue weighted by atomic mass is 10.3. The van der Waals surface area contributed by atoms with Crippen LogP contribution in [0.2, 0.25) is 0 Å². The molecule has 0 saturated heterocycles. The summed E-state index contributed by atoms with van der Waals surface area (Å²) in [5.41, 5.74) is 3.45. The van der Waals surface area contributed by atoms with Crippen molar-refractivity contribution in [2.75, 3.05) is 19.8 Å². The maximum Gasteiger partial charge on any atom is 0.367 e. The van der Waals surface area contributed by atoms with Crippen LogP contribution >= 0.6 is 7.60 Å². The zero-order chi connectivity index (χ0) is 12.6. The summed E-state index contributed by atoms with van der Waals surface area (Å²) in [7, 11) is -3.41. The van der Waals surface area contributed by atoms with E-state index in [9.17, 15) is 9.67 Å². The Morgan fingerprint density at radius 1 is 1.44 bits per heavy atom. The highest BCUT2D eigenvalue weighted by atomic mass is 31.2. The van der Waals surface area contributed by atoms with Crippen LogP contribution in [0.4, 0.5) is 0 Å². The third-order valence-corrected chi connectivity index (χ3v) is 3.84. The average molecular weight is 246 g/mol. The molecule has 0 aromatic rings. The minimum Gasteiger partial charge on any atom is -0.391 e. The Labute approximate surface area is 96.8 Å². The first-order chi connectivity index (χ1) is 7.53. The summed E-state index contributed by atoms with van der Waals surface area (Å²) in [6, 6.07) is 0. The number of aliphatic hydroxyl groups excluding tert-OH is 1. The lowest BCUT2D eigenvalue weighted by Gasteiger charge is -2.17. The first-order valence-corrected chi connectivity index (χ1v) is 6.67. The van der Waals surface area contributed by atoms with Crippen LogP contribution in [-0.2, 0) is 13.6 Å². The molecule has 0 saturated carbocycles. The molecule has 0 aliphatic rings. The lowest BCUT2D eigenvalue weighted by Crippen LogP contribution is -2.01. The van der Waals surface area contributed by atoms with Gasteiger partial charge in [0.15, 0.2) is 0 Å². The van der Waals surface area contributed by atoms with Crippen molar-refractivity contribution in [3.63, 3.8) is 0 Å². The molecule has 0 bridgehead atoms. The first kappa shape index (κ1) is 15.4. The van der Waals surface area contributed by atoms with E-state index in [-0.39, 0.29) is 18.5 Å². The molecule has 4 nitrogen and oxygen atoms in total. The van der Waals surface area contributed by atoms with Crippen molar-refractivity contribution < 1.29 is 18.7 Å². The highest BCUT2D eigenvalue weighted by Gasteiger charge is 2.29. The van der Waals surface area contributed by atoms with E-state index in [1.165, 1.54) is 0 Å². The third-order valence-electron chi connectivity index (χ3n) is 1.73. The maximum absolute atomic E-state index is 12.2. The normalized spacial score (nSPS) is 10.8. The van der Waals surface area contributed by atoms with Gasteiger partial charge in [0, 0.05) is 0 Å². The fraction of sp³-hybridized carbons (Fsp3) is 0.545. The number of allylic oxidation sites excluding steroid dienone is 1. The van der Waals surface area contributed by atoms with Crippen LogP contribution in [0, 0.1) is 0 Å². The van der Waals surface area contributed by atoms with Gasteiger partial charge in [-0.25, -0.2) is 0 Å². The topological polar surface area (TPSA) is 55.8 Å². The predicted octanol–water partition coefficient (Wildman–Crippen LogP) is 2.86. The van der Waals surface area contributed by atoms with Crippen molar-refractivity contribution in [3.8, 4) is 0 Å². The Morgan fingerprint density at radius 3 is 2.25 bits per heavy atom. The van der Waals surface area contributed by atoms with E-state index in [1.807, 2.05) is 0 Å². The molecule has 0 aliphatic carbocycles. The second-order valence-electron chi connectivity index (χ2n) is 2.95. The number of hydrogen-bond donors (Lipinski definition) is 1. The summed E-state index contributed by atoms with van der Waals surface area (Å²) < 4.78 is 22.4. The number of aliphatic hydroxyl groups is 1.